The third-order valence-corrected chi connectivity index (χ3v) is 13.7. The summed E-state index contributed by atoms with van der Waals surface area (Å²) < 4.78 is 148. The van der Waals surface area contributed by atoms with Crippen LogP contribution in [-0.2, 0) is 49.9 Å². The SMILES string of the molecule is O=S(=O)(O)c1ccc(Nc2nc(N3CCOCC3)[nH]c(=Nc3ccc(C=Cc4ccc(N=c5nc(Nc6ccc(S(=O)(=O)O)cc6)nc(N6CCOCC6)[nH]5)cc4S(=O)(=O)O)c(S(=O)(=O)O)c3)n2)cc1.[Na].[Na]. The second-order valence-corrected chi connectivity index (χ2v) is 20.7. The van der Waals surface area contributed by atoms with Crippen LogP contribution >= 0.6 is 0 Å². The van der Waals surface area contributed by atoms with Crippen LogP contribution in [0.1, 0.15) is 11.1 Å². The molecule has 0 saturated carbocycles. The molecule has 2 aromatic heterocycles. The molecule has 4 aromatic carbocycles. The molecule has 6 aromatic rings. The summed E-state index contributed by atoms with van der Waals surface area (Å²) in [6.07, 6.45) is 2.40. The summed E-state index contributed by atoms with van der Waals surface area (Å²) >= 11 is 0. The van der Waals surface area contributed by atoms with E-state index in [4.69, 9.17) is 9.47 Å². The van der Waals surface area contributed by atoms with Crippen LogP contribution in [-0.4, -0.2) is 194 Å². The Morgan fingerprint density at radius 2 is 0.847 bits per heavy atom. The second-order valence-electron chi connectivity index (χ2n) is 15.0. The van der Waals surface area contributed by atoms with Crippen LogP contribution in [0.15, 0.2) is 114 Å². The van der Waals surface area contributed by atoms with Gasteiger partial charge in [-0.1, -0.05) is 24.3 Å². The van der Waals surface area contributed by atoms with Crippen LogP contribution in [0.3, 0.4) is 0 Å². The van der Waals surface area contributed by atoms with E-state index < -0.39 is 50.3 Å². The van der Waals surface area contributed by atoms with Crippen LogP contribution in [0.25, 0.3) is 12.2 Å². The molecule has 32 heteroatoms. The Hall–Kier alpha value is -5.00. The van der Waals surface area contributed by atoms with Gasteiger partial charge in [-0.3, -0.25) is 28.2 Å². The van der Waals surface area contributed by atoms with E-state index >= 15 is 0 Å². The summed E-state index contributed by atoms with van der Waals surface area (Å²) in [5, 5.41) is 5.88. The summed E-state index contributed by atoms with van der Waals surface area (Å²) in [7, 11) is -18.8. The molecular weight excluding hydrogens is 1050 g/mol. The van der Waals surface area contributed by atoms with E-state index in [1.54, 1.807) is 0 Å². The van der Waals surface area contributed by atoms with E-state index in [1.807, 2.05) is 9.80 Å². The van der Waals surface area contributed by atoms with E-state index in [2.05, 4.69) is 50.5 Å². The normalized spacial score (nSPS) is 15.2. The van der Waals surface area contributed by atoms with Crippen molar-refractivity contribution in [2.24, 2.45) is 9.98 Å². The van der Waals surface area contributed by atoms with Crippen molar-refractivity contribution in [3.05, 3.63) is 107 Å². The summed E-state index contributed by atoms with van der Waals surface area (Å²) in [5.41, 5.74) is 0.332. The van der Waals surface area contributed by atoms with Gasteiger partial charge < -0.3 is 29.9 Å². The van der Waals surface area contributed by atoms with E-state index in [9.17, 15) is 51.9 Å². The Labute approximate surface area is 455 Å². The molecule has 0 amide bonds. The first kappa shape index (κ1) is 56.3. The molecule has 370 valence electrons. The van der Waals surface area contributed by atoms with Gasteiger partial charge in [0.25, 0.3) is 40.5 Å². The first-order chi connectivity index (χ1) is 33.1. The number of nitrogens with one attached hydrogen (secondary N) is 4. The molecule has 2 fully saturated rings. The summed E-state index contributed by atoms with van der Waals surface area (Å²) in [6.45, 7) is 3.34. The number of aromatic nitrogens is 6. The molecule has 2 aliphatic heterocycles. The molecule has 4 heterocycles. The number of benzene rings is 4. The minimum absolute atomic E-state index is 0. The van der Waals surface area contributed by atoms with Gasteiger partial charge in [0.15, 0.2) is 0 Å². The van der Waals surface area contributed by atoms with Gasteiger partial charge in [0.2, 0.25) is 35.0 Å². The predicted molar refractivity (Wildman–Crippen MR) is 261 cm³/mol. The fourth-order valence-electron chi connectivity index (χ4n) is 6.84. The molecule has 0 spiro atoms. The first-order valence-electron chi connectivity index (χ1n) is 20.5. The minimum Gasteiger partial charge on any atom is -0.378 e. The zero-order chi connectivity index (χ0) is 49.8. The molecule has 2 saturated heterocycles. The quantitative estimate of drug-likeness (QED) is 0.0439. The van der Waals surface area contributed by atoms with Crippen LogP contribution in [0.5, 0.6) is 0 Å². The number of anilines is 6. The van der Waals surface area contributed by atoms with Gasteiger partial charge in [0.1, 0.15) is 9.79 Å². The van der Waals surface area contributed by atoms with Crippen molar-refractivity contribution in [1.29, 1.82) is 0 Å². The van der Waals surface area contributed by atoms with Crippen molar-refractivity contribution in [3.8, 4) is 0 Å². The van der Waals surface area contributed by atoms with Crippen molar-refractivity contribution in [3.63, 3.8) is 0 Å². The molecule has 72 heavy (non-hydrogen) atoms. The number of nitrogens with zero attached hydrogens (tertiary/aromatic N) is 8. The third kappa shape index (κ3) is 14.8. The van der Waals surface area contributed by atoms with Crippen molar-refractivity contribution in [2.75, 3.05) is 73.0 Å². The number of rotatable bonds is 14. The predicted octanol–water partition coefficient (Wildman–Crippen LogP) is 1.94. The van der Waals surface area contributed by atoms with Crippen molar-refractivity contribution in [2.45, 2.75) is 19.6 Å². The molecular formula is C40H40N12Na2O14S4. The molecule has 8 N–H and O–H groups in total. The van der Waals surface area contributed by atoms with Gasteiger partial charge in [0.05, 0.1) is 47.6 Å². The van der Waals surface area contributed by atoms with Gasteiger partial charge in [-0.15, -0.1) is 0 Å². The van der Waals surface area contributed by atoms with E-state index in [0.717, 1.165) is 12.1 Å². The summed E-state index contributed by atoms with van der Waals surface area (Å²) in [5.74, 6) is 0.605. The number of aromatic amines is 2. The Kier molecular flexibility index (Phi) is 18.4. The molecule has 0 aliphatic carbocycles. The topological polar surface area (TPSA) is 374 Å². The average Bonchev–Trinajstić information content (AvgIpc) is 3.31. The van der Waals surface area contributed by atoms with Crippen LogP contribution in [0.2, 0.25) is 0 Å². The van der Waals surface area contributed by atoms with Gasteiger partial charge in [-0.05, 0) is 83.9 Å². The monoisotopic (exact) mass is 1090 g/mol. The fourth-order valence-corrected chi connectivity index (χ4v) is 9.21. The zero-order valence-electron chi connectivity index (χ0n) is 38.0. The van der Waals surface area contributed by atoms with E-state index in [0.29, 0.717) is 75.9 Å². The fraction of sp³-hybridized carbons (Fsp3) is 0.200. The Balaban J connectivity index is 0.00000423. The summed E-state index contributed by atoms with van der Waals surface area (Å²) in [6, 6.07) is 17.7. The number of hydrogen-bond donors (Lipinski definition) is 8. The van der Waals surface area contributed by atoms with Crippen LogP contribution < -0.4 is 31.7 Å². The second kappa shape index (κ2) is 23.5. The maximum Gasteiger partial charge on any atom is 0.295 e. The van der Waals surface area contributed by atoms with Crippen LogP contribution in [0.4, 0.5) is 46.5 Å². The van der Waals surface area contributed by atoms with Gasteiger partial charge in [-0.2, -0.15) is 53.6 Å². The van der Waals surface area contributed by atoms with Gasteiger partial charge in [0, 0.05) is 96.7 Å². The van der Waals surface area contributed by atoms with Crippen LogP contribution in [0, 0.1) is 0 Å². The van der Waals surface area contributed by atoms with Crippen molar-refractivity contribution in [1.82, 2.24) is 29.9 Å². The van der Waals surface area contributed by atoms with Gasteiger partial charge in [-0.25, -0.2) is 9.98 Å². The number of morpholine rings is 2. The maximum absolute atomic E-state index is 12.8. The van der Waals surface area contributed by atoms with Crippen molar-refractivity contribution >= 4 is 158 Å². The Morgan fingerprint density at radius 1 is 0.500 bits per heavy atom. The molecule has 26 nitrogen and oxygen atoms in total. The van der Waals surface area contributed by atoms with E-state index in [-0.39, 0.29) is 115 Å². The Bertz CT molecular complexity index is 3360. The molecule has 0 atom stereocenters. The minimum atomic E-state index is -4.96. The largest absolute Gasteiger partial charge is 0.378 e. The third-order valence-electron chi connectivity index (χ3n) is 10.2. The molecule has 0 bridgehead atoms. The maximum atomic E-state index is 12.8. The molecule has 2 radical (unpaired) electrons. The molecule has 0 unspecified atom stereocenters. The van der Waals surface area contributed by atoms with E-state index in [1.165, 1.54) is 84.9 Å². The summed E-state index contributed by atoms with van der Waals surface area (Å²) in [4.78, 5) is 34.4. The zero-order valence-corrected chi connectivity index (χ0v) is 45.2. The molecule has 2 aliphatic rings. The number of hydrogen-bond acceptors (Lipinski definition) is 20. The number of ether oxygens (including phenoxy) is 2. The van der Waals surface area contributed by atoms with Crippen molar-refractivity contribution < 1.29 is 61.4 Å². The standard InChI is InChI=1S/C40H40N12O14S4.2Na/c53-67(54,55)31-11-7-27(8-12-31)41-35-45-37(49-39(47-35)51-15-19-65-20-16-51)43-29-5-3-25(33(23-29)69(59,60)61)1-2-26-4-6-30(24-34(26)70(62,63)64)44-38-46-36(48-40(50-38)52-17-21-66-22-18-52)42-28-9-13-32(14-10-28)68(56,57)58;;/h1-14,23-24H,15-22H2,(H,53,54,55)(H,56,57,58)(H,59,60,61)(H,62,63,64)(H2,41,43,45,47,49)(H2,42,44,46,48,50);;. The first-order valence-corrected chi connectivity index (χ1v) is 26.2. The number of H-pyrrole nitrogens is 2. The molecule has 8 rings (SSSR count). The smallest absolute Gasteiger partial charge is 0.295 e. The van der Waals surface area contributed by atoms with Gasteiger partial charge >= 0.3 is 0 Å². The average molecular weight is 1090 g/mol. The Morgan fingerprint density at radius 3 is 1.17 bits per heavy atom.